The molecule has 0 unspecified atom stereocenters. The fraction of sp³-hybridized carbons (Fsp3) is 0.0952. The number of rotatable bonds is 7. The van der Waals surface area contributed by atoms with Gasteiger partial charge in [0.15, 0.2) is 11.5 Å². The van der Waals surface area contributed by atoms with Gasteiger partial charge >= 0.3 is 5.97 Å². The summed E-state index contributed by atoms with van der Waals surface area (Å²) in [6, 6.07) is 14.6. The molecule has 2 aromatic carbocycles. The van der Waals surface area contributed by atoms with Gasteiger partial charge in [0.05, 0.1) is 26.7 Å². The van der Waals surface area contributed by atoms with E-state index in [4.69, 9.17) is 18.6 Å². The Morgan fingerprint density at radius 3 is 2.45 bits per heavy atom. The van der Waals surface area contributed by atoms with E-state index in [-0.39, 0.29) is 17.4 Å². The molecule has 0 fully saturated rings. The van der Waals surface area contributed by atoms with Gasteiger partial charge in [0.2, 0.25) is 5.76 Å². The van der Waals surface area contributed by atoms with E-state index in [0.717, 1.165) is 0 Å². The number of carbonyl (C=O) groups excluding carboxylic acids is 2. The quantitative estimate of drug-likeness (QED) is 0.286. The molecule has 0 radical (unpaired) electrons. The molecule has 3 rings (SSSR count). The van der Waals surface area contributed by atoms with Gasteiger partial charge < -0.3 is 18.6 Å². The summed E-state index contributed by atoms with van der Waals surface area (Å²) in [6.45, 7) is 0. The second-order valence-electron chi connectivity index (χ2n) is 5.70. The third-order valence-corrected chi connectivity index (χ3v) is 3.84. The second kappa shape index (κ2) is 9.23. The summed E-state index contributed by atoms with van der Waals surface area (Å²) in [7, 11) is 3.00. The summed E-state index contributed by atoms with van der Waals surface area (Å²) in [4.78, 5) is 24.1. The molecule has 0 saturated heterocycles. The van der Waals surface area contributed by atoms with E-state index in [1.165, 1.54) is 25.7 Å². The molecule has 148 valence electrons. The Morgan fingerprint density at radius 2 is 1.79 bits per heavy atom. The Kier molecular flexibility index (Phi) is 6.26. The van der Waals surface area contributed by atoms with Crippen LogP contribution < -0.4 is 19.6 Å². The molecule has 0 saturated carbocycles. The van der Waals surface area contributed by atoms with Crippen molar-refractivity contribution in [1.82, 2.24) is 5.43 Å². The van der Waals surface area contributed by atoms with Crippen molar-refractivity contribution in [3.63, 3.8) is 0 Å². The fourth-order valence-electron chi connectivity index (χ4n) is 2.37. The van der Waals surface area contributed by atoms with Gasteiger partial charge in [-0.1, -0.05) is 0 Å². The van der Waals surface area contributed by atoms with E-state index in [1.54, 1.807) is 55.6 Å². The van der Waals surface area contributed by atoms with Crippen molar-refractivity contribution in [2.75, 3.05) is 14.2 Å². The third kappa shape index (κ3) is 5.01. The first-order chi connectivity index (χ1) is 14.1. The Bertz CT molecular complexity index is 1010. The Hall–Kier alpha value is -4.07. The van der Waals surface area contributed by atoms with Crippen molar-refractivity contribution in [2.24, 2.45) is 5.10 Å². The highest BCUT2D eigenvalue weighted by Crippen LogP contribution is 2.28. The number of hydrogen-bond donors (Lipinski definition) is 1. The lowest BCUT2D eigenvalue weighted by Crippen LogP contribution is -2.17. The van der Waals surface area contributed by atoms with Crippen LogP contribution in [0.2, 0.25) is 0 Å². The number of nitrogens with zero attached hydrogens (tertiary/aromatic N) is 1. The molecule has 0 atom stereocenters. The van der Waals surface area contributed by atoms with Crippen molar-refractivity contribution >= 4 is 18.1 Å². The molecule has 1 N–H and O–H groups in total. The summed E-state index contributed by atoms with van der Waals surface area (Å²) in [6.07, 6.45) is 2.83. The monoisotopic (exact) mass is 394 g/mol. The summed E-state index contributed by atoms with van der Waals surface area (Å²) in [5.74, 6) is 0.300. The van der Waals surface area contributed by atoms with Crippen molar-refractivity contribution < 1.29 is 28.2 Å². The van der Waals surface area contributed by atoms with Gasteiger partial charge in [-0.05, 0) is 60.2 Å². The van der Waals surface area contributed by atoms with Crippen LogP contribution >= 0.6 is 0 Å². The zero-order chi connectivity index (χ0) is 20.6. The normalized spacial score (nSPS) is 10.6. The second-order valence-corrected chi connectivity index (χ2v) is 5.70. The zero-order valence-corrected chi connectivity index (χ0v) is 15.7. The van der Waals surface area contributed by atoms with Crippen LogP contribution in [0.15, 0.2) is 70.4 Å². The number of hydrazone groups is 1. The van der Waals surface area contributed by atoms with Gasteiger partial charge in [0.1, 0.15) is 5.75 Å². The molecule has 0 aliphatic heterocycles. The van der Waals surface area contributed by atoms with Crippen LogP contribution in [0.25, 0.3) is 0 Å². The third-order valence-electron chi connectivity index (χ3n) is 3.84. The van der Waals surface area contributed by atoms with Gasteiger partial charge in [-0.25, -0.2) is 10.2 Å². The lowest BCUT2D eigenvalue weighted by atomic mass is 10.2. The first-order valence-corrected chi connectivity index (χ1v) is 8.52. The predicted octanol–water partition coefficient (Wildman–Crippen LogP) is 3.28. The van der Waals surface area contributed by atoms with Crippen molar-refractivity contribution in [2.45, 2.75) is 0 Å². The van der Waals surface area contributed by atoms with Crippen LogP contribution in [0.1, 0.15) is 26.5 Å². The van der Waals surface area contributed by atoms with E-state index >= 15 is 0 Å². The minimum Gasteiger partial charge on any atom is -0.497 e. The number of hydrogen-bond acceptors (Lipinski definition) is 7. The van der Waals surface area contributed by atoms with Gasteiger partial charge in [-0.15, -0.1) is 0 Å². The molecule has 29 heavy (non-hydrogen) atoms. The smallest absolute Gasteiger partial charge is 0.379 e. The lowest BCUT2D eigenvalue weighted by molar-refractivity contribution is 0.0696. The fourth-order valence-corrected chi connectivity index (χ4v) is 2.37. The number of benzene rings is 2. The molecule has 0 aliphatic carbocycles. The van der Waals surface area contributed by atoms with Crippen molar-refractivity contribution in [1.29, 1.82) is 0 Å². The van der Waals surface area contributed by atoms with Crippen LogP contribution in [0.3, 0.4) is 0 Å². The number of methoxy groups -OCH3 is 2. The molecular formula is C21H18N2O6. The van der Waals surface area contributed by atoms with Crippen LogP contribution in [0.5, 0.6) is 17.2 Å². The maximum atomic E-state index is 12.1. The summed E-state index contributed by atoms with van der Waals surface area (Å²) in [5.41, 5.74) is 3.52. The minimum absolute atomic E-state index is 0.0823. The van der Waals surface area contributed by atoms with E-state index in [0.29, 0.717) is 22.6 Å². The summed E-state index contributed by atoms with van der Waals surface area (Å²) >= 11 is 0. The molecule has 1 heterocycles. The average molecular weight is 394 g/mol. The van der Waals surface area contributed by atoms with Crippen LogP contribution in [0, 0.1) is 0 Å². The Labute approximate surface area is 166 Å². The molecular weight excluding hydrogens is 376 g/mol. The van der Waals surface area contributed by atoms with Gasteiger partial charge in [-0.2, -0.15) is 5.10 Å². The highest BCUT2D eigenvalue weighted by Gasteiger charge is 2.15. The number of nitrogens with one attached hydrogen (secondary N) is 1. The molecule has 8 heteroatoms. The van der Waals surface area contributed by atoms with E-state index in [1.807, 2.05) is 0 Å². The molecule has 1 amide bonds. The van der Waals surface area contributed by atoms with Gasteiger partial charge in [-0.3, -0.25) is 4.79 Å². The predicted molar refractivity (Wildman–Crippen MR) is 105 cm³/mol. The molecule has 0 bridgehead atoms. The van der Waals surface area contributed by atoms with E-state index in [9.17, 15) is 9.59 Å². The topological polar surface area (TPSA) is 99.4 Å². The van der Waals surface area contributed by atoms with Crippen LogP contribution in [-0.2, 0) is 0 Å². The van der Waals surface area contributed by atoms with Crippen LogP contribution in [0.4, 0.5) is 0 Å². The highest BCUT2D eigenvalue weighted by molar-refractivity contribution is 5.95. The number of ether oxygens (including phenoxy) is 3. The minimum atomic E-state index is -0.638. The average Bonchev–Trinajstić information content (AvgIpc) is 3.29. The molecule has 0 spiro atoms. The highest BCUT2D eigenvalue weighted by atomic mass is 16.6. The van der Waals surface area contributed by atoms with Crippen LogP contribution in [-0.4, -0.2) is 32.3 Å². The number of amides is 1. The standard InChI is InChI=1S/C21H18N2O6/c1-26-16-8-6-15(7-9-16)20(24)23-22-13-14-5-10-17(19(12-14)27-2)29-21(25)18-4-3-11-28-18/h3-13H,1-2H3,(H,23,24)/b22-13-. The maximum Gasteiger partial charge on any atom is 0.379 e. The van der Waals surface area contributed by atoms with Gasteiger partial charge in [0, 0.05) is 5.56 Å². The molecule has 1 aromatic heterocycles. The van der Waals surface area contributed by atoms with Gasteiger partial charge in [0.25, 0.3) is 5.91 Å². The van der Waals surface area contributed by atoms with Crippen molar-refractivity contribution in [3.8, 4) is 17.2 Å². The lowest BCUT2D eigenvalue weighted by Gasteiger charge is -2.09. The van der Waals surface area contributed by atoms with E-state index in [2.05, 4.69) is 10.5 Å². The Morgan fingerprint density at radius 1 is 1.00 bits per heavy atom. The molecule has 3 aromatic rings. The largest absolute Gasteiger partial charge is 0.497 e. The SMILES string of the molecule is COc1ccc(C(=O)N/N=C\c2ccc(OC(=O)c3ccco3)c(OC)c2)cc1. The maximum absolute atomic E-state index is 12.1. The summed E-state index contributed by atoms with van der Waals surface area (Å²) < 4.78 is 20.6. The number of carbonyl (C=O) groups is 2. The molecule has 0 aliphatic rings. The first kappa shape index (κ1) is 19.7. The Balaban J connectivity index is 1.64. The number of furan rings is 1. The summed E-state index contributed by atoms with van der Waals surface area (Å²) in [5, 5.41) is 3.93. The molecule has 8 nitrogen and oxygen atoms in total. The zero-order valence-electron chi connectivity index (χ0n) is 15.7. The first-order valence-electron chi connectivity index (χ1n) is 8.52. The van der Waals surface area contributed by atoms with Crippen molar-refractivity contribution in [3.05, 3.63) is 77.7 Å². The number of esters is 1. The van der Waals surface area contributed by atoms with E-state index < -0.39 is 5.97 Å².